The summed E-state index contributed by atoms with van der Waals surface area (Å²) >= 11 is 0.150. The Kier molecular flexibility index (Phi) is 4.04. The first kappa shape index (κ1) is 12.2. The molecule has 0 aromatic carbocycles. The quantitative estimate of drug-likeness (QED) is 0.584. The van der Waals surface area contributed by atoms with E-state index in [0.717, 1.165) is 7.09 Å². The van der Waals surface area contributed by atoms with Crippen molar-refractivity contribution in [1.82, 2.24) is 0 Å². The minimum atomic E-state index is 0.150. The number of hydrogen-bond acceptors (Lipinski definition) is 0. The average Bonchev–Trinajstić information content (AvgIpc) is 2.89. The summed E-state index contributed by atoms with van der Waals surface area (Å²) in [6.07, 6.45) is 15.5. The Balaban J connectivity index is 2.04. The van der Waals surface area contributed by atoms with Crippen molar-refractivity contribution in [2.24, 2.45) is 0 Å². The van der Waals surface area contributed by atoms with Crippen molar-refractivity contribution in [3.8, 4) is 0 Å². The monoisotopic (exact) mass is 218 g/mol. The predicted octanol–water partition coefficient (Wildman–Crippen LogP) is 4.98. The number of rotatable bonds is 4. The van der Waals surface area contributed by atoms with Crippen LogP contribution >= 0.6 is 0 Å². The first-order chi connectivity index (χ1) is 7.24. The van der Waals surface area contributed by atoms with Gasteiger partial charge in [0.1, 0.15) is 0 Å². The van der Waals surface area contributed by atoms with Gasteiger partial charge in [0.05, 0.1) is 0 Å². The van der Waals surface area contributed by atoms with Crippen LogP contribution in [0.3, 0.4) is 0 Å². The molecule has 0 atom stereocenters. The fourth-order valence-electron chi connectivity index (χ4n) is 4.36. The van der Waals surface area contributed by atoms with Crippen LogP contribution in [0.5, 0.6) is 0 Å². The van der Waals surface area contributed by atoms with E-state index in [1.54, 1.807) is 51.4 Å². The molecule has 0 radical (unpaired) electrons. The molecular weight excluding hydrogens is 192 g/mol. The molecule has 2 aliphatic carbocycles. The van der Waals surface area contributed by atoms with Crippen LogP contribution in [0.1, 0.15) is 78.1 Å². The molecule has 0 aromatic heterocycles. The second kappa shape index (κ2) is 4.95. The summed E-state index contributed by atoms with van der Waals surface area (Å²) in [7, 11) is 0. The molecule has 0 heterocycles. The van der Waals surface area contributed by atoms with Gasteiger partial charge in [0.25, 0.3) is 0 Å². The molecule has 0 amide bonds. The van der Waals surface area contributed by atoms with E-state index in [1.807, 2.05) is 0 Å². The molecule has 0 saturated heterocycles. The standard InChI is InChI=1S/2C7H13.Mg/c2*1-2-7-5-3-4-6-7;/h2*2-6H2,1H3;. The lowest BCUT2D eigenvalue weighted by Gasteiger charge is -2.38. The average molecular weight is 219 g/mol. The molecule has 0 spiro atoms. The van der Waals surface area contributed by atoms with E-state index in [1.165, 1.54) is 12.8 Å². The molecule has 0 nitrogen and oxygen atoms in total. The summed E-state index contributed by atoms with van der Waals surface area (Å²) in [5.41, 5.74) is 0. The van der Waals surface area contributed by atoms with E-state index in [4.69, 9.17) is 0 Å². The highest BCUT2D eigenvalue weighted by molar-refractivity contribution is 6.44. The zero-order valence-corrected chi connectivity index (χ0v) is 12.2. The summed E-state index contributed by atoms with van der Waals surface area (Å²) in [5.74, 6) is 0. The molecule has 2 rings (SSSR count). The summed E-state index contributed by atoms with van der Waals surface area (Å²) in [6.45, 7) is 4.94. The highest BCUT2D eigenvalue weighted by atomic mass is 24.5. The molecule has 1 heteroatoms. The summed E-state index contributed by atoms with van der Waals surface area (Å²) in [5, 5.41) is 0. The van der Waals surface area contributed by atoms with Crippen molar-refractivity contribution in [3.63, 3.8) is 0 Å². The largest absolute Gasteiger partial charge is 0.383 e. The highest BCUT2D eigenvalue weighted by Crippen LogP contribution is 2.57. The fraction of sp³-hybridized carbons (Fsp3) is 1.00. The zero-order chi connectivity index (χ0) is 10.8. The fourth-order valence-corrected chi connectivity index (χ4v) is 8.15. The van der Waals surface area contributed by atoms with Gasteiger partial charge in [0, 0.05) is 0 Å². The van der Waals surface area contributed by atoms with Crippen molar-refractivity contribution < 1.29 is 0 Å². The lowest BCUT2D eigenvalue weighted by atomic mass is 10.0. The van der Waals surface area contributed by atoms with Crippen LogP contribution in [-0.2, 0) is 0 Å². The molecule has 2 saturated carbocycles. The highest BCUT2D eigenvalue weighted by Gasteiger charge is 2.44. The maximum Gasteiger partial charge on any atom is 0.383 e. The minimum absolute atomic E-state index is 0.150. The third-order valence-electron chi connectivity index (χ3n) is 5.58. The smallest absolute Gasteiger partial charge is 0.123 e. The van der Waals surface area contributed by atoms with Gasteiger partial charge in [-0.05, 0) is 0 Å². The van der Waals surface area contributed by atoms with Gasteiger partial charge in [-0.1, -0.05) is 78.1 Å². The van der Waals surface area contributed by atoms with Crippen molar-refractivity contribution in [2.75, 3.05) is 0 Å². The van der Waals surface area contributed by atoms with Gasteiger partial charge < -0.3 is 0 Å². The van der Waals surface area contributed by atoms with E-state index < -0.39 is 0 Å². The summed E-state index contributed by atoms with van der Waals surface area (Å²) < 4.78 is 1.81. The molecule has 0 aliphatic heterocycles. The van der Waals surface area contributed by atoms with Gasteiger partial charge in [-0.25, -0.2) is 0 Å². The summed E-state index contributed by atoms with van der Waals surface area (Å²) in [6, 6.07) is 0. The van der Waals surface area contributed by atoms with Crippen LogP contribution in [-0.4, -0.2) is 20.4 Å². The Hall–Kier alpha value is 0.766. The lowest BCUT2D eigenvalue weighted by molar-refractivity contribution is 0.480. The van der Waals surface area contributed by atoms with Crippen LogP contribution < -0.4 is 0 Å². The molecule has 84 valence electrons. The minimum Gasteiger partial charge on any atom is -0.123 e. The van der Waals surface area contributed by atoms with Crippen LogP contribution in [0, 0.1) is 0 Å². The molecule has 0 bridgehead atoms. The zero-order valence-electron chi connectivity index (χ0n) is 10.8. The van der Waals surface area contributed by atoms with Crippen LogP contribution in [0.25, 0.3) is 0 Å². The Morgan fingerprint density at radius 3 is 1.33 bits per heavy atom. The maximum atomic E-state index is 2.47. The van der Waals surface area contributed by atoms with E-state index >= 15 is 0 Å². The molecule has 2 aliphatic rings. The van der Waals surface area contributed by atoms with Crippen molar-refractivity contribution in [2.45, 2.75) is 85.1 Å². The Morgan fingerprint density at radius 1 is 0.733 bits per heavy atom. The van der Waals surface area contributed by atoms with Crippen LogP contribution in [0.2, 0.25) is 7.09 Å². The van der Waals surface area contributed by atoms with Gasteiger partial charge in [-0.3, -0.25) is 0 Å². The molecule has 0 unspecified atom stereocenters. The lowest BCUT2D eigenvalue weighted by Crippen LogP contribution is -2.28. The Labute approximate surface area is 105 Å². The Bertz CT molecular complexity index is 175. The topological polar surface area (TPSA) is 0 Å². The van der Waals surface area contributed by atoms with Gasteiger partial charge in [0.15, 0.2) is 0 Å². The van der Waals surface area contributed by atoms with E-state index in [2.05, 4.69) is 13.8 Å². The predicted molar refractivity (Wildman–Crippen MR) is 68.7 cm³/mol. The maximum absolute atomic E-state index is 2.47. The molecular formula is C14H26Mg. The van der Waals surface area contributed by atoms with Crippen LogP contribution in [0.15, 0.2) is 0 Å². The molecule has 15 heavy (non-hydrogen) atoms. The van der Waals surface area contributed by atoms with E-state index in [0.29, 0.717) is 0 Å². The van der Waals surface area contributed by atoms with Crippen molar-refractivity contribution >= 4 is 20.4 Å². The third-order valence-corrected chi connectivity index (χ3v) is 9.49. The summed E-state index contributed by atoms with van der Waals surface area (Å²) in [4.78, 5) is 0. The molecule has 0 N–H and O–H groups in total. The van der Waals surface area contributed by atoms with Gasteiger partial charge in [0.2, 0.25) is 0 Å². The molecule has 0 aromatic rings. The van der Waals surface area contributed by atoms with Crippen molar-refractivity contribution in [1.29, 1.82) is 0 Å². The van der Waals surface area contributed by atoms with Crippen molar-refractivity contribution in [3.05, 3.63) is 0 Å². The second-order valence-corrected chi connectivity index (χ2v) is 9.65. The SMILES string of the molecule is CC[C]1([Mg][C]2(CC)CCCC2)CCCC1. The Morgan fingerprint density at radius 2 is 1.07 bits per heavy atom. The first-order valence-corrected chi connectivity index (χ1v) is 8.66. The van der Waals surface area contributed by atoms with Gasteiger partial charge in [-0.2, -0.15) is 0 Å². The normalized spacial score (nSPS) is 27.9. The third kappa shape index (κ3) is 2.54. The number of hydrogen-bond donors (Lipinski definition) is 0. The van der Waals surface area contributed by atoms with Crippen LogP contribution in [0.4, 0.5) is 0 Å². The van der Waals surface area contributed by atoms with Gasteiger partial charge in [-0.15, -0.1) is 7.09 Å². The molecule has 2 fully saturated rings. The first-order valence-electron chi connectivity index (χ1n) is 7.24. The second-order valence-electron chi connectivity index (χ2n) is 6.30. The van der Waals surface area contributed by atoms with E-state index in [9.17, 15) is 0 Å². The van der Waals surface area contributed by atoms with Gasteiger partial charge >= 0.3 is 20.4 Å². The van der Waals surface area contributed by atoms with E-state index in [-0.39, 0.29) is 20.4 Å².